The van der Waals surface area contributed by atoms with Gasteiger partial charge in [0.25, 0.3) is 0 Å². The van der Waals surface area contributed by atoms with E-state index in [0.29, 0.717) is 16.7 Å². The zero-order valence-corrected chi connectivity index (χ0v) is 9.64. The molecule has 0 aliphatic carbocycles. The maximum Gasteiger partial charge on any atom is 0.344 e. The lowest BCUT2D eigenvalue weighted by atomic mass is 10.1. The lowest BCUT2D eigenvalue weighted by Crippen LogP contribution is -1.99. The summed E-state index contributed by atoms with van der Waals surface area (Å²) in [6, 6.07) is 9.96. The Labute approximate surface area is 102 Å². The minimum atomic E-state index is -0.471. The summed E-state index contributed by atoms with van der Waals surface area (Å²) in [6.45, 7) is 0. The molecule has 3 rings (SSSR count). The number of methoxy groups -OCH3 is 1. The minimum absolute atomic E-state index is 0.0441. The minimum Gasteiger partial charge on any atom is -0.508 e. The van der Waals surface area contributed by atoms with Gasteiger partial charge in [-0.25, -0.2) is 4.79 Å². The quantitative estimate of drug-likeness (QED) is 0.526. The molecular weight excluding hydrogens is 232 g/mol. The zero-order valence-electron chi connectivity index (χ0n) is 9.64. The van der Waals surface area contributed by atoms with Crippen LogP contribution >= 0.6 is 0 Å². The molecule has 0 saturated carbocycles. The third kappa shape index (κ3) is 1.50. The molecule has 1 heterocycles. The number of phenols is 1. The largest absolute Gasteiger partial charge is 0.508 e. The summed E-state index contributed by atoms with van der Waals surface area (Å²) in [5, 5.41) is 11.3. The Hall–Kier alpha value is -2.49. The number of ether oxygens (including phenoxy) is 1. The van der Waals surface area contributed by atoms with Gasteiger partial charge in [-0.1, -0.05) is 0 Å². The van der Waals surface area contributed by atoms with Crippen molar-refractivity contribution in [2.45, 2.75) is 0 Å². The highest BCUT2D eigenvalue weighted by molar-refractivity contribution is 6.04. The van der Waals surface area contributed by atoms with Crippen LogP contribution in [0.1, 0.15) is 0 Å². The van der Waals surface area contributed by atoms with Crippen molar-refractivity contribution >= 4 is 21.7 Å². The third-order valence-electron chi connectivity index (χ3n) is 2.90. The van der Waals surface area contributed by atoms with E-state index >= 15 is 0 Å². The molecule has 0 aliphatic heterocycles. The zero-order chi connectivity index (χ0) is 12.7. The highest BCUT2D eigenvalue weighted by atomic mass is 16.5. The number of hydrogen-bond acceptors (Lipinski definition) is 4. The molecule has 0 aliphatic rings. The molecule has 1 aromatic heterocycles. The third-order valence-corrected chi connectivity index (χ3v) is 2.90. The van der Waals surface area contributed by atoms with Crippen LogP contribution in [0.5, 0.6) is 11.5 Å². The molecule has 18 heavy (non-hydrogen) atoms. The van der Waals surface area contributed by atoms with Gasteiger partial charge in [-0.15, -0.1) is 0 Å². The molecular formula is C14H10O4. The van der Waals surface area contributed by atoms with Crippen LogP contribution in [0.3, 0.4) is 0 Å². The average Bonchev–Trinajstić information content (AvgIpc) is 2.38. The van der Waals surface area contributed by atoms with E-state index in [-0.39, 0.29) is 5.75 Å². The van der Waals surface area contributed by atoms with Crippen LogP contribution in [0.2, 0.25) is 0 Å². The number of rotatable bonds is 1. The highest BCUT2D eigenvalue weighted by Crippen LogP contribution is 2.27. The Bertz CT molecular complexity index is 802. The molecule has 0 fully saturated rings. The maximum absolute atomic E-state index is 11.8. The number of benzene rings is 2. The number of fused-ring (bicyclic) bond motifs is 3. The Kier molecular flexibility index (Phi) is 2.23. The predicted octanol–water partition coefficient (Wildman–Crippen LogP) is 2.66. The SMILES string of the molecule is COc1ccc2c(c1)oc(=O)c1cc(O)ccc12. The van der Waals surface area contributed by atoms with Gasteiger partial charge in [0.1, 0.15) is 17.1 Å². The van der Waals surface area contributed by atoms with Crippen molar-refractivity contribution in [2.24, 2.45) is 0 Å². The molecule has 0 bridgehead atoms. The topological polar surface area (TPSA) is 59.7 Å². The summed E-state index contributed by atoms with van der Waals surface area (Å²) in [4.78, 5) is 11.8. The normalized spacial score (nSPS) is 10.9. The van der Waals surface area contributed by atoms with Crippen molar-refractivity contribution in [2.75, 3.05) is 7.11 Å². The fourth-order valence-corrected chi connectivity index (χ4v) is 2.03. The van der Waals surface area contributed by atoms with E-state index in [1.165, 1.54) is 6.07 Å². The van der Waals surface area contributed by atoms with E-state index < -0.39 is 5.63 Å². The van der Waals surface area contributed by atoms with Gasteiger partial charge in [0.15, 0.2) is 0 Å². The molecule has 0 spiro atoms. The first-order valence-electron chi connectivity index (χ1n) is 5.42. The Morgan fingerprint density at radius 1 is 1.06 bits per heavy atom. The van der Waals surface area contributed by atoms with Crippen molar-refractivity contribution in [3.8, 4) is 11.5 Å². The molecule has 3 aromatic rings. The number of phenolic OH excluding ortho intramolecular Hbond substituents is 1. The van der Waals surface area contributed by atoms with Crippen LogP contribution < -0.4 is 10.4 Å². The highest BCUT2D eigenvalue weighted by Gasteiger charge is 2.08. The fraction of sp³-hybridized carbons (Fsp3) is 0.0714. The molecule has 4 nitrogen and oxygen atoms in total. The number of hydrogen-bond donors (Lipinski definition) is 1. The van der Waals surface area contributed by atoms with E-state index in [9.17, 15) is 9.90 Å². The van der Waals surface area contributed by atoms with Gasteiger partial charge in [0.05, 0.1) is 12.5 Å². The monoisotopic (exact) mass is 242 g/mol. The van der Waals surface area contributed by atoms with Crippen molar-refractivity contribution in [1.82, 2.24) is 0 Å². The van der Waals surface area contributed by atoms with E-state index in [2.05, 4.69) is 0 Å². The summed E-state index contributed by atoms with van der Waals surface area (Å²) in [6.07, 6.45) is 0. The molecule has 0 radical (unpaired) electrons. The Balaban J connectivity index is 2.50. The fourth-order valence-electron chi connectivity index (χ4n) is 2.03. The van der Waals surface area contributed by atoms with Gasteiger partial charge in [-0.2, -0.15) is 0 Å². The van der Waals surface area contributed by atoms with Gasteiger partial charge >= 0.3 is 5.63 Å². The first kappa shape index (κ1) is 10.7. The molecule has 1 N–H and O–H groups in total. The van der Waals surface area contributed by atoms with Gasteiger partial charge < -0.3 is 14.3 Å². The second-order valence-corrected chi connectivity index (χ2v) is 3.98. The van der Waals surface area contributed by atoms with Crippen LogP contribution in [0.25, 0.3) is 21.7 Å². The molecule has 0 saturated heterocycles. The molecule has 0 unspecified atom stereocenters. The van der Waals surface area contributed by atoms with Gasteiger partial charge in [-0.05, 0) is 30.3 Å². The standard InChI is InChI=1S/C14H10O4/c1-17-9-3-5-11-10-4-2-8(15)6-12(10)14(16)18-13(11)7-9/h2-7,15H,1H3. The van der Waals surface area contributed by atoms with Crippen molar-refractivity contribution in [1.29, 1.82) is 0 Å². The van der Waals surface area contributed by atoms with Crippen molar-refractivity contribution in [3.05, 3.63) is 46.8 Å². The summed E-state index contributed by atoms with van der Waals surface area (Å²) in [5.41, 5.74) is -0.000747. The molecule has 2 aromatic carbocycles. The van der Waals surface area contributed by atoms with Gasteiger partial charge in [0, 0.05) is 16.8 Å². The first-order valence-corrected chi connectivity index (χ1v) is 5.42. The lowest BCUT2D eigenvalue weighted by molar-refractivity contribution is 0.414. The second-order valence-electron chi connectivity index (χ2n) is 3.98. The Morgan fingerprint density at radius 3 is 2.61 bits per heavy atom. The summed E-state index contributed by atoms with van der Waals surface area (Å²) < 4.78 is 10.3. The first-order chi connectivity index (χ1) is 8.69. The molecule has 90 valence electrons. The van der Waals surface area contributed by atoms with Crippen molar-refractivity contribution in [3.63, 3.8) is 0 Å². The smallest absolute Gasteiger partial charge is 0.344 e. The van der Waals surface area contributed by atoms with Crippen LogP contribution in [-0.2, 0) is 0 Å². The van der Waals surface area contributed by atoms with E-state index in [1.807, 2.05) is 6.07 Å². The molecule has 0 atom stereocenters. The summed E-state index contributed by atoms with van der Waals surface area (Å²) >= 11 is 0. The summed E-state index contributed by atoms with van der Waals surface area (Å²) in [7, 11) is 1.55. The van der Waals surface area contributed by atoms with Gasteiger partial charge in [0.2, 0.25) is 0 Å². The van der Waals surface area contributed by atoms with Gasteiger partial charge in [-0.3, -0.25) is 0 Å². The Morgan fingerprint density at radius 2 is 1.83 bits per heavy atom. The van der Waals surface area contributed by atoms with Crippen LogP contribution in [0, 0.1) is 0 Å². The van der Waals surface area contributed by atoms with Crippen LogP contribution in [0.4, 0.5) is 0 Å². The predicted molar refractivity (Wildman–Crippen MR) is 68.2 cm³/mol. The van der Waals surface area contributed by atoms with E-state index in [1.54, 1.807) is 31.4 Å². The second kappa shape index (κ2) is 3.77. The summed E-state index contributed by atoms with van der Waals surface area (Å²) in [5.74, 6) is 0.673. The maximum atomic E-state index is 11.8. The average molecular weight is 242 g/mol. The number of aromatic hydroxyl groups is 1. The molecule has 0 amide bonds. The van der Waals surface area contributed by atoms with Crippen molar-refractivity contribution < 1.29 is 14.3 Å². The molecule has 4 heteroatoms. The van der Waals surface area contributed by atoms with E-state index in [0.717, 1.165) is 10.8 Å². The van der Waals surface area contributed by atoms with E-state index in [4.69, 9.17) is 9.15 Å². The lowest BCUT2D eigenvalue weighted by Gasteiger charge is -2.04. The van der Waals surface area contributed by atoms with Crippen LogP contribution in [-0.4, -0.2) is 12.2 Å². The van der Waals surface area contributed by atoms with Crippen LogP contribution in [0.15, 0.2) is 45.6 Å².